The molecule has 0 atom stereocenters. The van der Waals surface area contributed by atoms with E-state index >= 15 is 0 Å². The summed E-state index contributed by atoms with van der Waals surface area (Å²) in [6.07, 6.45) is 0.108. The highest BCUT2D eigenvalue weighted by Gasteiger charge is 2.11. The molecule has 0 aliphatic rings. The lowest BCUT2D eigenvalue weighted by Crippen LogP contribution is -2.30. The highest BCUT2D eigenvalue weighted by Crippen LogP contribution is 2.14. The molecule has 0 aliphatic carbocycles. The van der Waals surface area contributed by atoms with Crippen molar-refractivity contribution in [1.82, 2.24) is 10.2 Å². The molecular formula is C22H27N3O5. The van der Waals surface area contributed by atoms with Crippen LogP contribution in [0, 0.1) is 0 Å². The maximum absolute atomic E-state index is 12.4. The van der Waals surface area contributed by atoms with E-state index in [1.807, 2.05) is 31.2 Å². The first kappa shape index (κ1) is 22.7. The summed E-state index contributed by atoms with van der Waals surface area (Å²) < 4.78 is 9.94. The number of urea groups is 1. The molecule has 0 bridgehead atoms. The summed E-state index contributed by atoms with van der Waals surface area (Å²) in [4.78, 5) is 37.1. The predicted molar refractivity (Wildman–Crippen MR) is 114 cm³/mol. The van der Waals surface area contributed by atoms with Gasteiger partial charge in [-0.1, -0.05) is 12.1 Å². The van der Waals surface area contributed by atoms with Gasteiger partial charge in [0.1, 0.15) is 5.75 Å². The molecule has 0 spiro atoms. The lowest BCUT2D eigenvalue weighted by Gasteiger charge is -2.18. The van der Waals surface area contributed by atoms with Crippen molar-refractivity contribution in [3.63, 3.8) is 0 Å². The van der Waals surface area contributed by atoms with Gasteiger partial charge in [-0.15, -0.1) is 0 Å². The molecule has 160 valence electrons. The Kier molecular flexibility index (Phi) is 8.68. The average Bonchev–Trinajstić information content (AvgIpc) is 2.75. The Balaban J connectivity index is 1.84. The molecular weight excluding hydrogens is 386 g/mol. The van der Waals surface area contributed by atoms with Crippen LogP contribution in [-0.2, 0) is 16.1 Å². The van der Waals surface area contributed by atoms with Crippen LogP contribution in [0.2, 0.25) is 0 Å². The van der Waals surface area contributed by atoms with Gasteiger partial charge in [0.05, 0.1) is 20.1 Å². The van der Waals surface area contributed by atoms with E-state index in [1.54, 1.807) is 36.2 Å². The Hall–Kier alpha value is -3.55. The third kappa shape index (κ3) is 7.12. The van der Waals surface area contributed by atoms with Gasteiger partial charge in [0.25, 0.3) is 5.91 Å². The van der Waals surface area contributed by atoms with E-state index in [-0.39, 0.29) is 30.9 Å². The molecule has 0 heterocycles. The van der Waals surface area contributed by atoms with Crippen molar-refractivity contribution in [3.8, 4) is 5.75 Å². The molecule has 2 N–H and O–H groups in total. The van der Waals surface area contributed by atoms with Crippen LogP contribution in [0.3, 0.4) is 0 Å². The SMILES string of the molecule is CCOc1ccc(CN(C)C(=O)Nc2ccc(C(=O)NCCC(=O)OC)cc2)cc1. The topological polar surface area (TPSA) is 97.0 Å². The summed E-state index contributed by atoms with van der Waals surface area (Å²) >= 11 is 0. The van der Waals surface area contributed by atoms with E-state index in [1.165, 1.54) is 7.11 Å². The van der Waals surface area contributed by atoms with Crippen molar-refractivity contribution in [2.75, 3.05) is 32.6 Å². The second-order valence-corrected chi connectivity index (χ2v) is 6.52. The maximum atomic E-state index is 12.4. The molecule has 8 nitrogen and oxygen atoms in total. The van der Waals surface area contributed by atoms with Crippen LogP contribution in [0.1, 0.15) is 29.3 Å². The first-order valence-corrected chi connectivity index (χ1v) is 9.62. The fourth-order valence-electron chi connectivity index (χ4n) is 2.61. The predicted octanol–water partition coefficient (Wildman–Crippen LogP) is 3.04. The molecule has 0 radical (unpaired) electrons. The number of benzene rings is 2. The molecule has 0 unspecified atom stereocenters. The Morgan fingerprint density at radius 2 is 1.67 bits per heavy atom. The molecule has 0 aromatic heterocycles. The zero-order valence-corrected chi connectivity index (χ0v) is 17.4. The lowest BCUT2D eigenvalue weighted by molar-refractivity contribution is -0.140. The second kappa shape index (κ2) is 11.5. The summed E-state index contributed by atoms with van der Waals surface area (Å²) in [5.74, 6) is 0.106. The number of nitrogens with one attached hydrogen (secondary N) is 2. The number of rotatable bonds is 9. The molecule has 0 saturated heterocycles. The minimum Gasteiger partial charge on any atom is -0.494 e. The molecule has 30 heavy (non-hydrogen) atoms. The first-order chi connectivity index (χ1) is 14.4. The number of hydrogen-bond acceptors (Lipinski definition) is 5. The van der Waals surface area contributed by atoms with E-state index < -0.39 is 0 Å². The summed E-state index contributed by atoms with van der Waals surface area (Å²) in [5.41, 5.74) is 1.99. The monoisotopic (exact) mass is 413 g/mol. The summed E-state index contributed by atoms with van der Waals surface area (Å²) in [6, 6.07) is 13.8. The number of carbonyl (C=O) groups excluding carboxylic acids is 3. The van der Waals surface area contributed by atoms with Gasteiger partial charge in [-0.2, -0.15) is 0 Å². The van der Waals surface area contributed by atoms with Crippen molar-refractivity contribution in [2.24, 2.45) is 0 Å². The van der Waals surface area contributed by atoms with Gasteiger partial charge in [0, 0.05) is 31.4 Å². The third-order valence-electron chi connectivity index (χ3n) is 4.24. The summed E-state index contributed by atoms with van der Waals surface area (Å²) in [7, 11) is 3.00. The number of amides is 3. The van der Waals surface area contributed by atoms with Crippen molar-refractivity contribution >= 4 is 23.6 Å². The minimum atomic E-state index is -0.386. The largest absolute Gasteiger partial charge is 0.494 e. The van der Waals surface area contributed by atoms with E-state index in [4.69, 9.17) is 4.74 Å². The van der Waals surface area contributed by atoms with Gasteiger partial charge in [-0.05, 0) is 48.9 Å². The normalized spacial score (nSPS) is 10.1. The second-order valence-electron chi connectivity index (χ2n) is 6.52. The van der Waals surface area contributed by atoms with E-state index in [0.29, 0.717) is 24.4 Å². The number of nitrogens with zero attached hydrogens (tertiary/aromatic N) is 1. The van der Waals surface area contributed by atoms with Crippen LogP contribution in [-0.4, -0.2) is 50.1 Å². The lowest BCUT2D eigenvalue weighted by atomic mass is 10.2. The Bertz CT molecular complexity index is 850. The average molecular weight is 413 g/mol. The minimum absolute atomic E-state index is 0.108. The zero-order valence-electron chi connectivity index (χ0n) is 17.4. The molecule has 8 heteroatoms. The highest BCUT2D eigenvalue weighted by atomic mass is 16.5. The van der Waals surface area contributed by atoms with E-state index in [9.17, 15) is 14.4 Å². The molecule has 0 aliphatic heterocycles. The van der Waals surface area contributed by atoms with Gasteiger partial charge in [0.2, 0.25) is 0 Å². The molecule has 0 saturated carbocycles. The number of hydrogen-bond donors (Lipinski definition) is 2. The zero-order chi connectivity index (χ0) is 21.9. The Labute approximate surface area is 176 Å². The van der Waals surface area contributed by atoms with Gasteiger partial charge in [-0.25, -0.2) is 4.79 Å². The van der Waals surface area contributed by atoms with Crippen LogP contribution >= 0.6 is 0 Å². The smallest absolute Gasteiger partial charge is 0.321 e. The molecule has 0 fully saturated rings. The summed E-state index contributed by atoms with van der Waals surface area (Å²) in [5, 5.41) is 5.43. The fraction of sp³-hybridized carbons (Fsp3) is 0.318. The maximum Gasteiger partial charge on any atom is 0.321 e. The van der Waals surface area contributed by atoms with Crippen LogP contribution in [0.4, 0.5) is 10.5 Å². The van der Waals surface area contributed by atoms with Gasteiger partial charge < -0.3 is 25.0 Å². The van der Waals surface area contributed by atoms with Crippen molar-refractivity contribution in [3.05, 3.63) is 59.7 Å². The molecule has 2 aromatic rings. The third-order valence-corrected chi connectivity index (χ3v) is 4.24. The molecule has 2 aromatic carbocycles. The standard InChI is InChI=1S/C22H27N3O5/c1-4-30-19-11-5-16(6-12-19)15-25(2)22(28)24-18-9-7-17(8-10-18)21(27)23-14-13-20(26)29-3/h5-12H,4,13-15H2,1-3H3,(H,23,27)(H,24,28). The van der Waals surface area contributed by atoms with Crippen molar-refractivity contribution in [1.29, 1.82) is 0 Å². The molecule has 2 rings (SSSR count). The first-order valence-electron chi connectivity index (χ1n) is 9.62. The number of anilines is 1. The number of carbonyl (C=O) groups is 3. The number of methoxy groups -OCH3 is 1. The van der Waals surface area contributed by atoms with Gasteiger partial charge in [0.15, 0.2) is 0 Å². The fourth-order valence-corrected chi connectivity index (χ4v) is 2.61. The Morgan fingerprint density at radius 3 is 2.27 bits per heavy atom. The van der Waals surface area contributed by atoms with Crippen LogP contribution in [0.25, 0.3) is 0 Å². The van der Waals surface area contributed by atoms with Crippen LogP contribution < -0.4 is 15.4 Å². The summed E-state index contributed by atoms with van der Waals surface area (Å²) in [6.45, 7) is 3.17. The van der Waals surface area contributed by atoms with Crippen molar-refractivity contribution in [2.45, 2.75) is 19.9 Å². The quantitative estimate of drug-likeness (QED) is 0.616. The van der Waals surface area contributed by atoms with Gasteiger partial charge >= 0.3 is 12.0 Å². The number of ether oxygens (including phenoxy) is 2. The van der Waals surface area contributed by atoms with Crippen LogP contribution in [0.15, 0.2) is 48.5 Å². The number of esters is 1. The van der Waals surface area contributed by atoms with Gasteiger partial charge in [-0.3, -0.25) is 9.59 Å². The Morgan fingerprint density at radius 1 is 1.00 bits per heavy atom. The van der Waals surface area contributed by atoms with Crippen LogP contribution in [0.5, 0.6) is 5.75 Å². The molecule has 3 amide bonds. The van der Waals surface area contributed by atoms with E-state index in [0.717, 1.165) is 11.3 Å². The van der Waals surface area contributed by atoms with E-state index in [2.05, 4.69) is 15.4 Å². The highest BCUT2D eigenvalue weighted by molar-refractivity contribution is 5.95. The van der Waals surface area contributed by atoms with Crippen molar-refractivity contribution < 1.29 is 23.9 Å².